The molecule has 1 aliphatic heterocycles. The molecule has 2 rings (SSSR count). The summed E-state index contributed by atoms with van der Waals surface area (Å²) in [5, 5.41) is 2.92. The lowest BCUT2D eigenvalue weighted by atomic mass is 10.1. The Morgan fingerprint density at radius 1 is 1.50 bits per heavy atom. The number of para-hydroxylation sites is 2. The van der Waals surface area contributed by atoms with Gasteiger partial charge in [-0.1, -0.05) is 19.1 Å². The van der Waals surface area contributed by atoms with Crippen molar-refractivity contribution < 1.29 is 14.3 Å². The van der Waals surface area contributed by atoms with Gasteiger partial charge in [0.05, 0.1) is 24.8 Å². The summed E-state index contributed by atoms with van der Waals surface area (Å²) in [6, 6.07) is 7.52. The summed E-state index contributed by atoms with van der Waals surface area (Å²) >= 11 is 0. The second-order valence-corrected chi connectivity index (χ2v) is 4.39. The topological polar surface area (TPSA) is 47.6 Å². The normalized spacial score (nSPS) is 18.6. The van der Waals surface area contributed by atoms with Crippen LogP contribution in [0.25, 0.3) is 0 Å². The fourth-order valence-corrected chi connectivity index (χ4v) is 1.88. The molecule has 0 aliphatic carbocycles. The van der Waals surface area contributed by atoms with Crippen LogP contribution in [-0.2, 0) is 9.53 Å². The first-order valence-corrected chi connectivity index (χ1v) is 6.41. The van der Waals surface area contributed by atoms with Crippen LogP contribution in [0.4, 0.5) is 5.69 Å². The minimum Gasteiger partial charge on any atom is -0.491 e. The first-order chi connectivity index (χ1) is 8.81. The maximum absolute atomic E-state index is 12.0. The number of anilines is 1. The van der Waals surface area contributed by atoms with Crippen molar-refractivity contribution in [3.63, 3.8) is 0 Å². The second kappa shape index (κ2) is 6.40. The molecular formula is C14H19NO3. The number of rotatable bonds is 5. The van der Waals surface area contributed by atoms with Gasteiger partial charge in [0.1, 0.15) is 5.75 Å². The molecule has 4 heteroatoms. The number of ether oxygens (including phenoxy) is 2. The summed E-state index contributed by atoms with van der Waals surface area (Å²) < 4.78 is 10.8. The van der Waals surface area contributed by atoms with E-state index in [2.05, 4.69) is 12.2 Å². The molecule has 0 bridgehead atoms. The highest BCUT2D eigenvalue weighted by Gasteiger charge is 2.24. The number of hydrogen-bond acceptors (Lipinski definition) is 3. The van der Waals surface area contributed by atoms with Crippen molar-refractivity contribution in [2.45, 2.75) is 19.8 Å². The van der Waals surface area contributed by atoms with Crippen molar-refractivity contribution >= 4 is 11.6 Å². The smallest absolute Gasteiger partial charge is 0.230 e. The van der Waals surface area contributed by atoms with Crippen LogP contribution in [0.15, 0.2) is 24.3 Å². The average molecular weight is 249 g/mol. The van der Waals surface area contributed by atoms with Crippen LogP contribution in [0.1, 0.15) is 19.8 Å². The van der Waals surface area contributed by atoms with Crippen LogP contribution in [0, 0.1) is 5.92 Å². The van der Waals surface area contributed by atoms with Gasteiger partial charge in [0.2, 0.25) is 5.91 Å². The Balaban J connectivity index is 2.00. The van der Waals surface area contributed by atoms with Gasteiger partial charge < -0.3 is 14.8 Å². The van der Waals surface area contributed by atoms with Crippen molar-refractivity contribution in [2.75, 3.05) is 25.1 Å². The van der Waals surface area contributed by atoms with Crippen molar-refractivity contribution in [2.24, 2.45) is 5.92 Å². The third-order valence-corrected chi connectivity index (χ3v) is 2.91. The van der Waals surface area contributed by atoms with E-state index in [1.165, 1.54) is 0 Å². The zero-order valence-corrected chi connectivity index (χ0v) is 10.6. The molecule has 1 aromatic carbocycles. The number of carbonyl (C=O) groups excluding carboxylic acids is 1. The fraction of sp³-hybridized carbons (Fsp3) is 0.500. The van der Waals surface area contributed by atoms with Crippen molar-refractivity contribution in [3.8, 4) is 5.75 Å². The molecule has 0 aromatic heterocycles. The Hall–Kier alpha value is -1.55. The zero-order valence-electron chi connectivity index (χ0n) is 10.6. The molecule has 1 fully saturated rings. The predicted octanol–water partition coefficient (Wildman–Crippen LogP) is 2.45. The molecule has 4 nitrogen and oxygen atoms in total. The van der Waals surface area contributed by atoms with Gasteiger partial charge in [-0.3, -0.25) is 4.79 Å². The van der Waals surface area contributed by atoms with Gasteiger partial charge in [-0.2, -0.15) is 0 Å². The lowest BCUT2D eigenvalue weighted by Gasteiger charge is -2.13. The molecule has 1 atom stereocenters. The highest BCUT2D eigenvalue weighted by molar-refractivity contribution is 5.94. The van der Waals surface area contributed by atoms with Crippen molar-refractivity contribution in [1.82, 2.24) is 0 Å². The Bertz CT molecular complexity index is 400. The van der Waals surface area contributed by atoms with E-state index in [1.807, 2.05) is 24.3 Å². The summed E-state index contributed by atoms with van der Waals surface area (Å²) in [5.74, 6) is 0.705. The maximum atomic E-state index is 12.0. The molecule has 18 heavy (non-hydrogen) atoms. The Labute approximate surface area is 107 Å². The minimum absolute atomic E-state index is 0.0139. The third kappa shape index (κ3) is 3.23. The number of amides is 1. The van der Waals surface area contributed by atoms with Crippen LogP contribution in [0.3, 0.4) is 0 Å². The van der Waals surface area contributed by atoms with Gasteiger partial charge in [0.15, 0.2) is 0 Å². The molecule has 0 spiro atoms. The first-order valence-electron chi connectivity index (χ1n) is 6.41. The van der Waals surface area contributed by atoms with Crippen molar-refractivity contribution in [3.05, 3.63) is 24.3 Å². The highest BCUT2D eigenvalue weighted by Crippen LogP contribution is 2.25. The Kier molecular flexibility index (Phi) is 4.59. The molecule has 1 unspecified atom stereocenters. The number of hydrogen-bond donors (Lipinski definition) is 1. The SMILES string of the molecule is CCCOc1ccccc1NC(=O)C1CCOC1. The standard InChI is InChI=1S/C14H19NO3/c1-2-8-18-13-6-4-3-5-12(13)15-14(16)11-7-9-17-10-11/h3-6,11H,2,7-10H2,1H3,(H,15,16). The van der Waals surface area contributed by atoms with Crippen LogP contribution >= 0.6 is 0 Å². The predicted molar refractivity (Wildman–Crippen MR) is 69.8 cm³/mol. The van der Waals surface area contributed by atoms with E-state index in [4.69, 9.17) is 9.47 Å². The minimum atomic E-state index is -0.0377. The highest BCUT2D eigenvalue weighted by atomic mass is 16.5. The molecule has 1 amide bonds. The molecule has 1 aromatic rings. The summed E-state index contributed by atoms with van der Waals surface area (Å²) in [5.41, 5.74) is 0.739. The monoisotopic (exact) mass is 249 g/mol. The zero-order chi connectivity index (χ0) is 12.8. The number of benzene rings is 1. The quantitative estimate of drug-likeness (QED) is 0.872. The molecule has 1 saturated heterocycles. The van der Waals surface area contributed by atoms with Gasteiger partial charge in [0.25, 0.3) is 0 Å². The Morgan fingerprint density at radius 2 is 2.33 bits per heavy atom. The number of carbonyl (C=O) groups is 1. The fourth-order valence-electron chi connectivity index (χ4n) is 1.88. The van der Waals surface area contributed by atoms with Gasteiger partial charge >= 0.3 is 0 Å². The molecule has 1 N–H and O–H groups in total. The van der Waals surface area contributed by atoms with E-state index >= 15 is 0 Å². The van der Waals surface area contributed by atoms with Gasteiger partial charge in [-0.05, 0) is 25.0 Å². The molecular weight excluding hydrogens is 230 g/mol. The van der Waals surface area contributed by atoms with Gasteiger partial charge in [0, 0.05) is 6.61 Å². The summed E-state index contributed by atoms with van der Waals surface area (Å²) in [4.78, 5) is 12.0. The number of nitrogens with one attached hydrogen (secondary N) is 1. The van der Waals surface area contributed by atoms with E-state index in [-0.39, 0.29) is 11.8 Å². The largest absolute Gasteiger partial charge is 0.491 e. The lowest BCUT2D eigenvalue weighted by Crippen LogP contribution is -2.23. The van der Waals surface area contributed by atoms with Crippen LogP contribution in [0.2, 0.25) is 0 Å². The maximum Gasteiger partial charge on any atom is 0.230 e. The summed E-state index contributed by atoms with van der Waals surface area (Å²) in [7, 11) is 0. The van der Waals surface area contributed by atoms with Crippen LogP contribution < -0.4 is 10.1 Å². The van der Waals surface area contributed by atoms with Crippen molar-refractivity contribution in [1.29, 1.82) is 0 Å². The first kappa shape index (κ1) is 12.9. The molecule has 1 aliphatic rings. The molecule has 98 valence electrons. The summed E-state index contributed by atoms with van der Waals surface area (Å²) in [6.07, 6.45) is 1.74. The van der Waals surface area contributed by atoms with E-state index in [1.54, 1.807) is 0 Å². The van der Waals surface area contributed by atoms with Crippen LogP contribution in [-0.4, -0.2) is 25.7 Å². The Morgan fingerprint density at radius 3 is 3.06 bits per heavy atom. The lowest BCUT2D eigenvalue weighted by molar-refractivity contribution is -0.119. The second-order valence-electron chi connectivity index (χ2n) is 4.39. The molecule has 0 saturated carbocycles. The van der Waals surface area contributed by atoms with E-state index < -0.39 is 0 Å². The third-order valence-electron chi connectivity index (χ3n) is 2.91. The van der Waals surface area contributed by atoms with E-state index in [9.17, 15) is 4.79 Å². The summed E-state index contributed by atoms with van der Waals surface area (Å²) in [6.45, 7) is 3.90. The molecule has 0 radical (unpaired) electrons. The van der Waals surface area contributed by atoms with Gasteiger partial charge in [-0.15, -0.1) is 0 Å². The van der Waals surface area contributed by atoms with E-state index in [0.717, 1.165) is 24.3 Å². The van der Waals surface area contributed by atoms with Gasteiger partial charge in [-0.25, -0.2) is 0 Å². The average Bonchev–Trinajstić information content (AvgIpc) is 2.91. The molecule has 1 heterocycles. The van der Waals surface area contributed by atoms with E-state index in [0.29, 0.717) is 19.8 Å². The van der Waals surface area contributed by atoms with Crippen LogP contribution in [0.5, 0.6) is 5.75 Å².